The van der Waals surface area contributed by atoms with Crippen LogP contribution in [0.3, 0.4) is 0 Å². The Bertz CT molecular complexity index is 1190. The van der Waals surface area contributed by atoms with Crippen molar-refractivity contribution in [2.24, 2.45) is 12.8 Å². The molecule has 0 aliphatic carbocycles. The van der Waals surface area contributed by atoms with E-state index >= 15 is 0 Å². The Morgan fingerprint density at radius 1 is 1.07 bits per heavy atom. The van der Waals surface area contributed by atoms with Gasteiger partial charge in [0.25, 0.3) is 0 Å². The van der Waals surface area contributed by atoms with Gasteiger partial charge in [-0.15, -0.1) is 5.10 Å². The van der Waals surface area contributed by atoms with Crippen LogP contribution in [0.5, 0.6) is 0 Å². The van der Waals surface area contributed by atoms with Crippen LogP contribution >= 0.6 is 0 Å². The molecule has 0 aliphatic rings. The monoisotopic (exact) mass is 403 g/mol. The van der Waals surface area contributed by atoms with Gasteiger partial charge in [-0.25, -0.2) is 19.6 Å². The molecule has 4 aromatic rings. The number of nitrogens with zero attached hydrogens (tertiary/aromatic N) is 6. The predicted octanol–water partition coefficient (Wildman–Crippen LogP) is 3.12. The first-order valence-corrected chi connectivity index (χ1v) is 9.87. The molecule has 154 valence electrons. The highest BCUT2D eigenvalue weighted by Gasteiger charge is 2.23. The first kappa shape index (κ1) is 19.7. The van der Waals surface area contributed by atoms with Crippen LogP contribution in [0.1, 0.15) is 32.3 Å². The van der Waals surface area contributed by atoms with E-state index in [0.29, 0.717) is 23.1 Å². The molecule has 0 fully saturated rings. The molecule has 0 aliphatic heterocycles. The largest absolute Gasteiger partial charge is 0.383 e. The van der Waals surface area contributed by atoms with Gasteiger partial charge in [-0.3, -0.25) is 0 Å². The molecule has 9 nitrogen and oxygen atoms in total. The van der Waals surface area contributed by atoms with Gasteiger partial charge in [-0.2, -0.15) is 0 Å². The topological polar surface area (TPSA) is 133 Å². The van der Waals surface area contributed by atoms with Crippen LogP contribution in [0.15, 0.2) is 42.9 Å². The zero-order valence-electron chi connectivity index (χ0n) is 17.3. The summed E-state index contributed by atoms with van der Waals surface area (Å²) in [5, 5.41) is 12.8. The minimum absolute atomic E-state index is 0.373. The summed E-state index contributed by atoms with van der Waals surface area (Å²) in [6.07, 6.45) is 6.82. The molecule has 4 aromatic heterocycles. The zero-order chi connectivity index (χ0) is 21.3. The van der Waals surface area contributed by atoms with E-state index in [9.17, 15) is 0 Å². The van der Waals surface area contributed by atoms with Gasteiger partial charge in [0.15, 0.2) is 0 Å². The number of nitrogen functional groups attached to an aromatic ring is 1. The number of pyridine rings is 3. The van der Waals surface area contributed by atoms with Gasteiger partial charge >= 0.3 is 0 Å². The second-order valence-electron chi connectivity index (χ2n) is 7.34. The fraction of sp³-hybridized carbons (Fsp3) is 0.286. The maximum Gasteiger partial charge on any atom is 0.133 e. The van der Waals surface area contributed by atoms with Crippen molar-refractivity contribution in [3.63, 3.8) is 0 Å². The van der Waals surface area contributed by atoms with E-state index in [2.05, 4.69) is 44.4 Å². The molecule has 0 saturated carbocycles. The number of anilines is 3. The number of nitrogens with one attached hydrogen (secondary N) is 1. The van der Waals surface area contributed by atoms with Crippen molar-refractivity contribution in [3.8, 4) is 11.4 Å². The van der Waals surface area contributed by atoms with Crippen molar-refractivity contribution in [1.82, 2.24) is 29.9 Å². The quantitative estimate of drug-likeness (QED) is 0.447. The molecule has 5 N–H and O–H groups in total. The van der Waals surface area contributed by atoms with Crippen LogP contribution in [-0.4, -0.2) is 29.9 Å². The van der Waals surface area contributed by atoms with Crippen molar-refractivity contribution in [2.75, 3.05) is 11.1 Å². The number of nitrogens with two attached hydrogens (primary N) is 2. The standard InChI is InChI=1S/C21H25N9/c1-4-21(23,5-2)14-6-7-24-19(10-14)28-18-9-13-8-16(17-12-26-29-30(17)3)27-20(22)15(13)11-25-18/h6-12H,4-5,23H2,1-3H3,(H2,22,27)(H,24,25,28). The molecule has 0 unspecified atom stereocenters. The molecule has 0 aromatic carbocycles. The summed E-state index contributed by atoms with van der Waals surface area (Å²) < 4.78 is 1.66. The molecule has 0 spiro atoms. The van der Waals surface area contributed by atoms with Crippen molar-refractivity contribution >= 4 is 28.2 Å². The third kappa shape index (κ3) is 3.55. The first-order valence-electron chi connectivity index (χ1n) is 9.87. The normalized spacial score (nSPS) is 11.7. The Labute approximate surface area is 174 Å². The summed E-state index contributed by atoms with van der Waals surface area (Å²) in [7, 11) is 1.81. The average molecular weight is 403 g/mol. The molecule has 4 heterocycles. The molecule has 30 heavy (non-hydrogen) atoms. The lowest BCUT2D eigenvalue weighted by molar-refractivity contribution is 0.412. The lowest BCUT2D eigenvalue weighted by Gasteiger charge is -2.27. The molecule has 9 heteroatoms. The molecule has 4 rings (SSSR count). The second kappa shape index (κ2) is 7.68. The lowest BCUT2D eigenvalue weighted by atomic mass is 9.86. The molecule has 0 radical (unpaired) electrons. The lowest BCUT2D eigenvalue weighted by Crippen LogP contribution is -2.35. The molecular weight excluding hydrogens is 378 g/mol. The van der Waals surface area contributed by atoms with Gasteiger partial charge in [-0.1, -0.05) is 19.1 Å². The third-order valence-electron chi connectivity index (χ3n) is 5.57. The highest BCUT2D eigenvalue weighted by Crippen LogP contribution is 2.29. The van der Waals surface area contributed by atoms with Crippen molar-refractivity contribution in [1.29, 1.82) is 0 Å². The second-order valence-corrected chi connectivity index (χ2v) is 7.34. The number of aromatic nitrogens is 6. The van der Waals surface area contributed by atoms with Crippen LogP contribution in [0.2, 0.25) is 0 Å². The number of fused-ring (bicyclic) bond motifs is 1. The Hall–Kier alpha value is -3.59. The summed E-state index contributed by atoms with van der Waals surface area (Å²) in [6, 6.07) is 7.81. The van der Waals surface area contributed by atoms with Gasteiger partial charge in [0.2, 0.25) is 0 Å². The minimum Gasteiger partial charge on any atom is -0.383 e. The fourth-order valence-corrected chi connectivity index (χ4v) is 3.49. The molecule has 0 bridgehead atoms. The number of hydrogen-bond donors (Lipinski definition) is 3. The van der Waals surface area contributed by atoms with Gasteiger partial charge < -0.3 is 16.8 Å². The van der Waals surface area contributed by atoms with E-state index in [1.165, 1.54) is 0 Å². The summed E-state index contributed by atoms with van der Waals surface area (Å²) in [4.78, 5) is 13.4. The summed E-state index contributed by atoms with van der Waals surface area (Å²) >= 11 is 0. The summed E-state index contributed by atoms with van der Waals surface area (Å²) in [5.74, 6) is 1.75. The maximum atomic E-state index is 6.54. The van der Waals surface area contributed by atoms with E-state index < -0.39 is 0 Å². The van der Waals surface area contributed by atoms with Crippen molar-refractivity contribution < 1.29 is 0 Å². The molecular formula is C21H25N9. The number of aryl methyl sites for hydroxylation is 1. The predicted molar refractivity (Wildman–Crippen MR) is 118 cm³/mol. The fourth-order valence-electron chi connectivity index (χ4n) is 3.49. The maximum absolute atomic E-state index is 6.54. The van der Waals surface area contributed by atoms with Crippen LogP contribution < -0.4 is 16.8 Å². The van der Waals surface area contributed by atoms with E-state index in [1.807, 2.05) is 31.3 Å². The van der Waals surface area contributed by atoms with E-state index in [1.54, 1.807) is 23.3 Å². The minimum atomic E-state index is -0.373. The highest BCUT2D eigenvalue weighted by molar-refractivity contribution is 5.94. The highest BCUT2D eigenvalue weighted by atomic mass is 15.4. The van der Waals surface area contributed by atoms with Gasteiger partial charge in [0.1, 0.15) is 23.1 Å². The molecule has 0 amide bonds. The smallest absolute Gasteiger partial charge is 0.133 e. The molecule has 0 saturated heterocycles. The Kier molecular flexibility index (Phi) is 5.04. The van der Waals surface area contributed by atoms with Gasteiger partial charge in [0, 0.05) is 30.4 Å². The number of hydrogen-bond acceptors (Lipinski definition) is 8. The average Bonchev–Trinajstić information content (AvgIpc) is 3.19. The Morgan fingerprint density at radius 2 is 1.83 bits per heavy atom. The summed E-state index contributed by atoms with van der Waals surface area (Å²) in [5.41, 5.74) is 14.9. The zero-order valence-corrected chi connectivity index (χ0v) is 17.3. The van der Waals surface area contributed by atoms with E-state index in [-0.39, 0.29) is 5.54 Å². The van der Waals surface area contributed by atoms with Gasteiger partial charge in [-0.05, 0) is 48.1 Å². The van der Waals surface area contributed by atoms with E-state index in [0.717, 1.165) is 34.9 Å². The number of rotatable bonds is 6. The van der Waals surface area contributed by atoms with Crippen LogP contribution in [0.25, 0.3) is 22.2 Å². The third-order valence-corrected chi connectivity index (χ3v) is 5.57. The van der Waals surface area contributed by atoms with Crippen molar-refractivity contribution in [3.05, 3.63) is 48.4 Å². The molecule has 0 atom stereocenters. The van der Waals surface area contributed by atoms with Crippen molar-refractivity contribution in [2.45, 2.75) is 32.2 Å². The Morgan fingerprint density at radius 3 is 2.53 bits per heavy atom. The first-order chi connectivity index (χ1) is 14.4. The van der Waals surface area contributed by atoms with Crippen LogP contribution in [0.4, 0.5) is 17.5 Å². The van der Waals surface area contributed by atoms with E-state index in [4.69, 9.17) is 11.5 Å². The Balaban J connectivity index is 1.70. The van der Waals surface area contributed by atoms with Gasteiger partial charge in [0.05, 0.1) is 11.9 Å². The van der Waals surface area contributed by atoms with Crippen LogP contribution in [-0.2, 0) is 12.6 Å². The van der Waals surface area contributed by atoms with Crippen LogP contribution in [0, 0.1) is 0 Å². The summed E-state index contributed by atoms with van der Waals surface area (Å²) in [6.45, 7) is 4.19. The SMILES string of the molecule is CCC(N)(CC)c1ccnc(Nc2cc3cc(-c4cnnn4C)nc(N)c3cn2)c1.